The third-order valence-corrected chi connectivity index (χ3v) is 11.4. The van der Waals surface area contributed by atoms with Crippen molar-refractivity contribution in [1.82, 2.24) is 0 Å². The van der Waals surface area contributed by atoms with E-state index in [0.717, 1.165) is 36.3 Å². The van der Waals surface area contributed by atoms with Gasteiger partial charge in [-0.15, -0.1) is 0 Å². The number of aryl methyl sites for hydroxylation is 2. The molecule has 0 N–H and O–H groups in total. The Morgan fingerprint density at radius 1 is 0.439 bits per heavy atom. The van der Waals surface area contributed by atoms with E-state index in [4.69, 9.17) is 9.98 Å². The van der Waals surface area contributed by atoms with Gasteiger partial charge in [0, 0.05) is 22.9 Å². The third-order valence-electron chi connectivity index (χ3n) is 11.4. The Labute approximate surface area is 365 Å². The van der Waals surface area contributed by atoms with Crippen LogP contribution in [0.2, 0.25) is 0 Å². The number of unbranched alkanes of at least 4 members (excludes halogenated alkanes) is 30. The number of hydrogen-bond donors (Lipinski definition) is 0. The molecule has 324 valence electrons. The average molecular weight is 824 g/mol. The van der Waals surface area contributed by atoms with Gasteiger partial charge in [0.15, 0.2) is 0 Å². The second kappa shape index (κ2) is 40.6. The molecular formula is C54H88N2Ni. The van der Waals surface area contributed by atoms with E-state index in [2.05, 4.69) is 81.1 Å². The molecule has 0 aromatic heterocycles. The van der Waals surface area contributed by atoms with Gasteiger partial charge in [0.25, 0.3) is 0 Å². The van der Waals surface area contributed by atoms with Gasteiger partial charge in [-0.05, 0) is 73.4 Å². The summed E-state index contributed by atoms with van der Waals surface area (Å²) >= 11 is 0. The molecule has 0 fully saturated rings. The largest absolute Gasteiger partial charge is 0.254 e. The van der Waals surface area contributed by atoms with Gasteiger partial charge in [-0.3, -0.25) is 4.99 Å². The molecule has 0 atom stereocenters. The van der Waals surface area contributed by atoms with E-state index in [1.807, 2.05) is 6.21 Å². The molecule has 0 aliphatic heterocycles. The topological polar surface area (TPSA) is 24.7 Å². The number of aliphatic imine (C=N–C) groups is 2. The molecule has 3 heteroatoms. The molecule has 0 radical (unpaired) electrons. The van der Waals surface area contributed by atoms with E-state index in [1.165, 1.54) is 217 Å². The predicted molar refractivity (Wildman–Crippen MR) is 253 cm³/mol. The van der Waals surface area contributed by atoms with Gasteiger partial charge in [0.05, 0.1) is 17.6 Å². The van der Waals surface area contributed by atoms with Crippen LogP contribution in [0.3, 0.4) is 0 Å². The number of benzene rings is 2. The van der Waals surface area contributed by atoms with E-state index in [9.17, 15) is 0 Å². The number of hydrogen-bond acceptors (Lipinski definition) is 2. The standard InChI is InChI=1S/C54H88N2.Ni/c1-4-7-10-13-16-19-22-25-28-31-34-37-44-54(56-53-46-39-43-51(48-53)41-36-33-30-27-24-21-18-15-12-9-6-3)49-55-52-45-38-42-50(47-52)40-35-32-29-26-23-20-17-14-11-8-5-2;/h38-39,42-43,45-49H,4-36,40-41H2,1-3H3;/b55-49+,56-54+;. The molecule has 0 spiro atoms. The van der Waals surface area contributed by atoms with Crippen LogP contribution in [0.5, 0.6) is 0 Å². The minimum Gasteiger partial charge on any atom is -0.254 e. The number of nitrogens with zero attached hydrogens (tertiary/aromatic N) is 2. The van der Waals surface area contributed by atoms with Crippen LogP contribution in [-0.4, -0.2) is 11.9 Å². The molecule has 2 aromatic carbocycles. The minimum atomic E-state index is 0. The maximum Gasteiger partial charge on any atom is 0.132 e. The summed E-state index contributed by atoms with van der Waals surface area (Å²) in [6, 6.07) is 17.6. The van der Waals surface area contributed by atoms with Gasteiger partial charge in [0.1, 0.15) is 5.71 Å². The van der Waals surface area contributed by atoms with Crippen LogP contribution >= 0.6 is 0 Å². The molecule has 2 aromatic rings. The van der Waals surface area contributed by atoms with Crippen molar-refractivity contribution in [3.8, 4) is 11.8 Å². The smallest absolute Gasteiger partial charge is 0.132 e. The molecule has 0 bridgehead atoms. The van der Waals surface area contributed by atoms with Crippen LogP contribution in [-0.2, 0) is 29.3 Å². The van der Waals surface area contributed by atoms with Crippen molar-refractivity contribution >= 4 is 23.3 Å². The van der Waals surface area contributed by atoms with Gasteiger partial charge in [-0.1, -0.05) is 237 Å². The Morgan fingerprint density at radius 3 is 1.21 bits per heavy atom. The van der Waals surface area contributed by atoms with Crippen LogP contribution in [0.25, 0.3) is 0 Å². The fourth-order valence-electron chi connectivity index (χ4n) is 7.78. The Morgan fingerprint density at radius 2 is 0.789 bits per heavy atom. The first-order valence-corrected chi connectivity index (χ1v) is 24.5. The molecule has 2 nitrogen and oxygen atoms in total. The Bertz CT molecular complexity index is 1300. The summed E-state index contributed by atoms with van der Waals surface area (Å²) in [6.45, 7) is 6.89. The Kier molecular flexibility index (Phi) is 37.7. The zero-order valence-electron chi connectivity index (χ0n) is 37.7. The summed E-state index contributed by atoms with van der Waals surface area (Å²) < 4.78 is 0. The predicted octanol–water partition coefficient (Wildman–Crippen LogP) is 18.2. The summed E-state index contributed by atoms with van der Waals surface area (Å²) in [4.78, 5) is 9.97. The maximum atomic E-state index is 5.05. The quantitative estimate of drug-likeness (QED) is 0.0281. The van der Waals surface area contributed by atoms with Crippen molar-refractivity contribution in [3.63, 3.8) is 0 Å². The molecule has 0 amide bonds. The van der Waals surface area contributed by atoms with Gasteiger partial charge in [0.2, 0.25) is 0 Å². The zero-order valence-corrected chi connectivity index (χ0v) is 38.6. The normalized spacial score (nSPS) is 11.5. The van der Waals surface area contributed by atoms with Crippen molar-refractivity contribution < 1.29 is 16.5 Å². The fraction of sp³-hybridized carbons (Fsp3) is 0.704. The van der Waals surface area contributed by atoms with Crippen LogP contribution in [0.15, 0.2) is 58.5 Å². The zero-order chi connectivity index (χ0) is 39.8. The van der Waals surface area contributed by atoms with Crippen LogP contribution < -0.4 is 0 Å². The van der Waals surface area contributed by atoms with Crippen LogP contribution in [0.1, 0.15) is 244 Å². The molecule has 0 unspecified atom stereocenters. The average Bonchev–Trinajstić information content (AvgIpc) is 3.21. The first-order chi connectivity index (χ1) is 27.7. The number of rotatable bonds is 37. The summed E-state index contributed by atoms with van der Waals surface area (Å²) in [5, 5.41) is 0. The van der Waals surface area contributed by atoms with Gasteiger partial charge >= 0.3 is 0 Å². The first kappa shape index (κ1) is 52.9. The van der Waals surface area contributed by atoms with Crippen molar-refractivity contribution in [1.29, 1.82) is 0 Å². The van der Waals surface area contributed by atoms with Gasteiger partial charge < -0.3 is 0 Å². The third kappa shape index (κ3) is 32.4. The molecule has 0 saturated carbocycles. The summed E-state index contributed by atoms with van der Waals surface area (Å²) in [5.41, 5.74) is 5.52. The van der Waals surface area contributed by atoms with Crippen molar-refractivity contribution in [2.24, 2.45) is 9.98 Å². The van der Waals surface area contributed by atoms with Crippen molar-refractivity contribution in [2.75, 3.05) is 0 Å². The fourth-order valence-corrected chi connectivity index (χ4v) is 7.78. The Hall–Kier alpha value is -2.17. The van der Waals surface area contributed by atoms with E-state index < -0.39 is 0 Å². The molecule has 0 aliphatic rings. The molecule has 0 aliphatic carbocycles. The second-order valence-electron chi connectivity index (χ2n) is 16.9. The van der Waals surface area contributed by atoms with Gasteiger partial charge in [-0.25, -0.2) is 4.99 Å². The van der Waals surface area contributed by atoms with Crippen LogP contribution in [0.4, 0.5) is 11.4 Å². The molecule has 0 saturated heterocycles. The van der Waals surface area contributed by atoms with Gasteiger partial charge in [-0.2, -0.15) is 0 Å². The molecule has 0 heterocycles. The first-order valence-electron chi connectivity index (χ1n) is 24.5. The summed E-state index contributed by atoms with van der Waals surface area (Å²) in [5.74, 6) is 6.88. The SMILES string of the molecule is CCCCCCCCCCCCC#CC(/C=N/c1cccc(CCCCCCCCCCCCC)c1)=N\c1cccc(CCCCCCCCCCCCC)c1.[Ni]. The Balaban J connectivity index is 0.0000162. The molecule has 57 heavy (non-hydrogen) atoms. The van der Waals surface area contributed by atoms with E-state index in [-0.39, 0.29) is 16.5 Å². The monoisotopic (exact) mass is 823 g/mol. The minimum absolute atomic E-state index is 0. The van der Waals surface area contributed by atoms with Crippen molar-refractivity contribution in [3.05, 3.63) is 59.7 Å². The van der Waals surface area contributed by atoms with E-state index in [0.29, 0.717) is 0 Å². The second-order valence-corrected chi connectivity index (χ2v) is 16.9. The molecule has 2 rings (SSSR count). The van der Waals surface area contributed by atoms with Crippen molar-refractivity contribution in [2.45, 2.75) is 245 Å². The maximum absolute atomic E-state index is 5.05. The summed E-state index contributed by atoms with van der Waals surface area (Å²) in [6.07, 6.45) is 49.0. The molecular weight excluding hydrogens is 735 g/mol. The van der Waals surface area contributed by atoms with Crippen LogP contribution in [0, 0.1) is 11.8 Å². The van der Waals surface area contributed by atoms with E-state index in [1.54, 1.807) is 0 Å². The summed E-state index contributed by atoms with van der Waals surface area (Å²) in [7, 11) is 0. The van der Waals surface area contributed by atoms with E-state index >= 15 is 0 Å².